The SMILES string of the molecule is COc1c(Cl)cccc1Nc1c(-c2ccncc2OC[C@H]2COCCN2C(=O)O)[nH]c2c1C(=O)N(C(=O)OC(C)(C)C)CC2. The third kappa shape index (κ3) is 6.38. The first-order valence-corrected chi connectivity index (χ1v) is 14.4. The Morgan fingerprint density at radius 3 is 2.77 bits per heavy atom. The summed E-state index contributed by atoms with van der Waals surface area (Å²) in [5, 5.41) is 13.3. The molecule has 1 atom stereocenters. The Labute approximate surface area is 259 Å². The van der Waals surface area contributed by atoms with Crippen LogP contribution in [0.15, 0.2) is 36.7 Å². The molecule has 0 bridgehead atoms. The fraction of sp³-hybridized carbons (Fsp3) is 0.400. The number of nitrogens with zero attached hydrogens (tertiary/aromatic N) is 3. The minimum Gasteiger partial charge on any atom is -0.493 e. The number of benzene rings is 1. The largest absolute Gasteiger partial charge is 0.493 e. The number of morpholine rings is 1. The van der Waals surface area contributed by atoms with Crippen LogP contribution in [0, 0.1) is 0 Å². The van der Waals surface area contributed by atoms with E-state index in [4.69, 9.17) is 30.5 Å². The second kappa shape index (κ2) is 12.6. The van der Waals surface area contributed by atoms with Gasteiger partial charge in [0, 0.05) is 37.0 Å². The third-order valence-electron chi connectivity index (χ3n) is 7.13. The van der Waals surface area contributed by atoms with E-state index in [1.165, 1.54) is 18.2 Å². The Hall–Kier alpha value is -4.49. The number of imide groups is 1. The van der Waals surface area contributed by atoms with Gasteiger partial charge in [-0.25, -0.2) is 14.5 Å². The Morgan fingerprint density at radius 1 is 1.25 bits per heavy atom. The Balaban J connectivity index is 1.57. The first kappa shape index (κ1) is 31.0. The van der Waals surface area contributed by atoms with Gasteiger partial charge in [0.2, 0.25) is 0 Å². The number of anilines is 2. The van der Waals surface area contributed by atoms with Gasteiger partial charge >= 0.3 is 12.2 Å². The molecule has 0 saturated carbocycles. The van der Waals surface area contributed by atoms with Gasteiger partial charge in [-0.15, -0.1) is 0 Å². The van der Waals surface area contributed by atoms with Gasteiger partial charge in [-0.3, -0.25) is 14.7 Å². The Kier molecular flexibility index (Phi) is 8.88. The molecule has 0 radical (unpaired) electrons. The molecule has 1 fully saturated rings. The summed E-state index contributed by atoms with van der Waals surface area (Å²) < 4.78 is 22.7. The smallest absolute Gasteiger partial charge is 0.417 e. The number of fused-ring (bicyclic) bond motifs is 1. The van der Waals surface area contributed by atoms with Gasteiger partial charge in [0.25, 0.3) is 5.91 Å². The molecule has 2 aromatic heterocycles. The lowest BCUT2D eigenvalue weighted by atomic mass is 10.0. The molecule has 44 heavy (non-hydrogen) atoms. The lowest BCUT2D eigenvalue weighted by Crippen LogP contribution is -2.50. The van der Waals surface area contributed by atoms with Crippen LogP contribution in [-0.2, 0) is 15.9 Å². The Bertz CT molecular complexity index is 1570. The molecule has 4 heterocycles. The number of amides is 3. The van der Waals surface area contributed by atoms with Gasteiger partial charge in [-0.1, -0.05) is 17.7 Å². The molecule has 1 saturated heterocycles. The normalized spacial score (nSPS) is 16.8. The van der Waals surface area contributed by atoms with Crippen LogP contribution in [-0.4, -0.2) is 94.6 Å². The van der Waals surface area contributed by atoms with Gasteiger partial charge in [0.1, 0.15) is 18.0 Å². The average molecular weight is 628 g/mol. The molecule has 14 heteroatoms. The molecule has 3 N–H and O–H groups in total. The lowest BCUT2D eigenvalue weighted by molar-refractivity contribution is -0.0148. The summed E-state index contributed by atoms with van der Waals surface area (Å²) >= 11 is 6.41. The summed E-state index contributed by atoms with van der Waals surface area (Å²) in [4.78, 5) is 48.6. The van der Waals surface area contributed by atoms with Gasteiger partial charge in [0.05, 0.1) is 60.2 Å². The zero-order valence-corrected chi connectivity index (χ0v) is 25.6. The second-order valence-electron chi connectivity index (χ2n) is 11.2. The minimum atomic E-state index is -1.06. The van der Waals surface area contributed by atoms with Crippen molar-refractivity contribution < 1.29 is 38.4 Å². The van der Waals surface area contributed by atoms with Gasteiger partial charge in [0.15, 0.2) is 5.75 Å². The van der Waals surface area contributed by atoms with Crippen molar-refractivity contribution in [2.75, 3.05) is 45.3 Å². The number of carbonyl (C=O) groups excluding carboxylic acids is 2. The van der Waals surface area contributed by atoms with E-state index in [9.17, 15) is 19.5 Å². The number of rotatable bonds is 7. The predicted octanol–water partition coefficient (Wildman–Crippen LogP) is 5.17. The van der Waals surface area contributed by atoms with Gasteiger partial charge < -0.3 is 34.4 Å². The van der Waals surface area contributed by atoms with Crippen LogP contribution in [0.5, 0.6) is 11.5 Å². The number of halogens is 1. The van der Waals surface area contributed by atoms with Crippen LogP contribution < -0.4 is 14.8 Å². The number of pyridine rings is 1. The Morgan fingerprint density at radius 2 is 2.05 bits per heavy atom. The highest BCUT2D eigenvalue weighted by molar-refractivity contribution is 6.32. The molecular weight excluding hydrogens is 594 g/mol. The van der Waals surface area contributed by atoms with Crippen LogP contribution in [0.3, 0.4) is 0 Å². The van der Waals surface area contributed by atoms with Crippen molar-refractivity contribution in [2.24, 2.45) is 0 Å². The van der Waals surface area contributed by atoms with Crippen molar-refractivity contribution in [1.29, 1.82) is 0 Å². The highest BCUT2D eigenvalue weighted by atomic mass is 35.5. The average Bonchev–Trinajstić information content (AvgIpc) is 3.34. The van der Waals surface area contributed by atoms with Crippen molar-refractivity contribution in [3.63, 3.8) is 0 Å². The van der Waals surface area contributed by atoms with Crippen LogP contribution in [0.4, 0.5) is 21.0 Å². The second-order valence-corrected chi connectivity index (χ2v) is 11.7. The molecule has 0 spiro atoms. The number of hydrogen-bond donors (Lipinski definition) is 3. The van der Waals surface area contributed by atoms with Crippen LogP contribution in [0.2, 0.25) is 5.02 Å². The molecular formula is C30H34ClN5O8. The van der Waals surface area contributed by atoms with Crippen molar-refractivity contribution >= 4 is 41.1 Å². The third-order valence-corrected chi connectivity index (χ3v) is 7.42. The number of methoxy groups -OCH3 is 1. The zero-order valence-electron chi connectivity index (χ0n) is 24.8. The number of carbonyl (C=O) groups is 3. The van der Waals surface area contributed by atoms with Gasteiger partial charge in [-0.05, 0) is 39.0 Å². The summed E-state index contributed by atoms with van der Waals surface area (Å²) in [6.07, 6.45) is 1.64. The van der Waals surface area contributed by atoms with Crippen LogP contribution in [0.1, 0.15) is 36.8 Å². The highest BCUT2D eigenvalue weighted by Crippen LogP contribution is 2.43. The van der Waals surface area contributed by atoms with E-state index in [-0.39, 0.29) is 31.9 Å². The van der Waals surface area contributed by atoms with Crippen LogP contribution in [0.25, 0.3) is 11.3 Å². The summed E-state index contributed by atoms with van der Waals surface area (Å²) in [6.45, 7) is 6.07. The van der Waals surface area contributed by atoms with E-state index in [1.807, 2.05) is 0 Å². The highest BCUT2D eigenvalue weighted by Gasteiger charge is 2.37. The van der Waals surface area contributed by atoms with Crippen molar-refractivity contribution in [3.8, 4) is 22.8 Å². The topological polar surface area (TPSA) is 156 Å². The molecule has 3 aromatic rings. The molecule has 0 aliphatic carbocycles. The number of nitrogens with one attached hydrogen (secondary N) is 2. The number of H-pyrrole nitrogens is 1. The van der Waals surface area contributed by atoms with E-state index in [1.54, 1.807) is 51.2 Å². The van der Waals surface area contributed by atoms with E-state index < -0.39 is 29.7 Å². The maximum Gasteiger partial charge on any atom is 0.417 e. The maximum atomic E-state index is 13.9. The van der Waals surface area contributed by atoms with Gasteiger partial charge in [-0.2, -0.15) is 0 Å². The lowest BCUT2D eigenvalue weighted by Gasteiger charge is -2.33. The van der Waals surface area contributed by atoms with E-state index in [2.05, 4.69) is 15.3 Å². The van der Waals surface area contributed by atoms with E-state index in [0.29, 0.717) is 57.9 Å². The van der Waals surface area contributed by atoms with Crippen molar-refractivity contribution in [2.45, 2.75) is 38.8 Å². The minimum absolute atomic E-state index is 0.0155. The molecule has 0 unspecified atom stereocenters. The number of para-hydroxylation sites is 1. The van der Waals surface area contributed by atoms with Crippen molar-refractivity contribution in [1.82, 2.24) is 19.8 Å². The zero-order chi connectivity index (χ0) is 31.6. The monoisotopic (exact) mass is 627 g/mol. The van der Waals surface area contributed by atoms with E-state index in [0.717, 1.165) is 4.90 Å². The molecule has 234 valence electrons. The number of hydrogen-bond acceptors (Lipinski definition) is 9. The maximum absolute atomic E-state index is 13.9. The summed E-state index contributed by atoms with van der Waals surface area (Å²) in [5.74, 6) is 0.165. The molecule has 13 nitrogen and oxygen atoms in total. The summed E-state index contributed by atoms with van der Waals surface area (Å²) in [6, 6.07) is 6.36. The predicted molar refractivity (Wildman–Crippen MR) is 161 cm³/mol. The molecule has 5 rings (SSSR count). The molecule has 2 aliphatic rings. The number of ether oxygens (including phenoxy) is 4. The summed E-state index contributed by atoms with van der Waals surface area (Å²) in [5.41, 5.74) is 1.95. The quantitative estimate of drug-likeness (QED) is 0.319. The van der Waals surface area contributed by atoms with Crippen molar-refractivity contribution in [3.05, 3.63) is 52.9 Å². The first-order valence-electron chi connectivity index (χ1n) is 14.0. The fourth-order valence-corrected chi connectivity index (χ4v) is 5.39. The molecule has 2 aliphatic heterocycles. The van der Waals surface area contributed by atoms with Crippen LogP contribution >= 0.6 is 11.6 Å². The first-order chi connectivity index (χ1) is 21.0. The number of carboxylic acid groups (broad SMARTS) is 1. The van der Waals surface area contributed by atoms with E-state index >= 15 is 0 Å². The standard InChI is InChI=1S/C30H34ClN5O8/c1-30(2,3)44-29(40)36-11-9-20-23(27(36)37)25(34-21-7-5-6-19(31)26(21)41-4)24(33-20)18-8-10-32-14-22(18)43-16-17-15-42-13-12-35(17)28(38)39/h5-8,10,14,17,33-34H,9,11-13,15-16H2,1-4H3,(H,38,39)/t17-/m1/s1. The molecule has 1 aromatic carbocycles. The number of aromatic amines is 1. The molecule has 3 amide bonds. The summed E-state index contributed by atoms with van der Waals surface area (Å²) in [7, 11) is 1.49. The fourth-order valence-electron chi connectivity index (χ4n) is 5.14. The number of aromatic nitrogens is 2.